The van der Waals surface area contributed by atoms with E-state index >= 15 is 0 Å². The summed E-state index contributed by atoms with van der Waals surface area (Å²) in [5.41, 5.74) is 0.553. The lowest BCUT2D eigenvalue weighted by Crippen LogP contribution is -2.50. The number of nitrogens with zero attached hydrogens (tertiary/aromatic N) is 2. The maximum Gasteiger partial charge on any atom is 0.209 e. The zero-order valence-electron chi connectivity index (χ0n) is 11.6. The lowest BCUT2D eigenvalue weighted by Gasteiger charge is -2.27. The van der Waals surface area contributed by atoms with Crippen molar-refractivity contribution in [2.45, 2.75) is 32.4 Å². The molecule has 0 spiro atoms. The van der Waals surface area contributed by atoms with E-state index in [2.05, 4.69) is 15.1 Å². The molecule has 0 fully saturated rings. The van der Waals surface area contributed by atoms with E-state index in [1.807, 2.05) is 34.0 Å². The van der Waals surface area contributed by atoms with Crippen LogP contribution in [0, 0.1) is 0 Å². The molecule has 1 aromatic heterocycles. The van der Waals surface area contributed by atoms with E-state index < -0.39 is 15.6 Å². The predicted molar refractivity (Wildman–Crippen MR) is 71.7 cm³/mol. The number of hydrogen-bond donors (Lipinski definition) is 2. The SMILES string of the molecule is CC(NCC(C)(C)NS(C)(=O)=O)c1cnn(C)c1. The van der Waals surface area contributed by atoms with E-state index in [0.29, 0.717) is 6.54 Å². The Hall–Kier alpha value is -0.920. The third-order valence-corrected chi connectivity index (χ3v) is 3.46. The molecule has 1 aromatic rings. The summed E-state index contributed by atoms with van der Waals surface area (Å²) in [7, 11) is -1.33. The van der Waals surface area contributed by atoms with Crippen molar-refractivity contribution in [3.05, 3.63) is 18.0 Å². The smallest absolute Gasteiger partial charge is 0.209 e. The second kappa shape index (κ2) is 5.38. The summed E-state index contributed by atoms with van der Waals surface area (Å²) >= 11 is 0. The van der Waals surface area contributed by atoms with E-state index in [1.165, 1.54) is 6.26 Å². The molecule has 18 heavy (non-hydrogen) atoms. The number of aryl methyl sites for hydroxylation is 1. The van der Waals surface area contributed by atoms with Crippen molar-refractivity contribution in [1.29, 1.82) is 0 Å². The Morgan fingerprint density at radius 2 is 2.11 bits per heavy atom. The molecular weight excluding hydrogens is 252 g/mol. The fourth-order valence-corrected chi connectivity index (χ4v) is 2.80. The molecule has 0 aromatic carbocycles. The molecule has 7 heteroatoms. The number of hydrogen-bond acceptors (Lipinski definition) is 4. The van der Waals surface area contributed by atoms with Gasteiger partial charge < -0.3 is 5.32 Å². The molecule has 104 valence electrons. The van der Waals surface area contributed by atoms with E-state index in [-0.39, 0.29) is 6.04 Å². The van der Waals surface area contributed by atoms with Crippen LogP contribution in [0.25, 0.3) is 0 Å². The molecule has 0 bridgehead atoms. The molecule has 0 aliphatic heterocycles. The maximum atomic E-state index is 11.2. The van der Waals surface area contributed by atoms with Crippen LogP contribution < -0.4 is 10.0 Å². The zero-order valence-corrected chi connectivity index (χ0v) is 12.4. The summed E-state index contributed by atoms with van der Waals surface area (Å²) in [6, 6.07) is 0.124. The minimum atomic E-state index is -3.20. The molecule has 6 nitrogen and oxygen atoms in total. The maximum absolute atomic E-state index is 11.2. The number of nitrogens with one attached hydrogen (secondary N) is 2. The van der Waals surface area contributed by atoms with Gasteiger partial charge in [-0.1, -0.05) is 0 Å². The minimum absolute atomic E-state index is 0.124. The first-order valence-corrected chi connectivity index (χ1v) is 7.69. The fourth-order valence-electron chi connectivity index (χ4n) is 1.73. The molecule has 1 atom stereocenters. The average molecular weight is 274 g/mol. The van der Waals surface area contributed by atoms with Gasteiger partial charge in [0.1, 0.15) is 0 Å². The van der Waals surface area contributed by atoms with Crippen molar-refractivity contribution < 1.29 is 8.42 Å². The first-order chi connectivity index (χ1) is 8.09. The average Bonchev–Trinajstić information content (AvgIpc) is 2.57. The Labute approximate surface area is 109 Å². The van der Waals surface area contributed by atoms with E-state index in [9.17, 15) is 8.42 Å². The molecule has 0 amide bonds. The second-order valence-electron chi connectivity index (χ2n) is 5.31. The lowest BCUT2D eigenvalue weighted by molar-refractivity contribution is 0.399. The van der Waals surface area contributed by atoms with Gasteiger partial charge in [0.25, 0.3) is 0 Å². The Bertz CT molecular complexity index is 493. The summed E-state index contributed by atoms with van der Waals surface area (Å²) in [6.07, 6.45) is 4.91. The van der Waals surface area contributed by atoms with Gasteiger partial charge in [-0.3, -0.25) is 4.68 Å². The number of sulfonamides is 1. The van der Waals surface area contributed by atoms with E-state index in [1.54, 1.807) is 10.9 Å². The Morgan fingerprint density at radius 1 is 1.50 bits per heavy atom. The van der Waals surface area contributed by atoms with Gasteiger partial charge in [-0.05, 0) is 20.8 Å². The van der Waals surface area contributed by atoms with Gasteiger partial charge in [-0.15, -0.1) is 0 Å². The standard InChI is InChI=1S/C11H22N4O2S/c1-9(10-6-13-15(4)7-10)12-8-11(2,3)14-18(5,16)17/h6-7,9,12,14H,8H2,1-5H3. The van der Waals surface area contributed by atoms with Crippen LogP contribution in [-0.4, -0.2) is 36.5 Å². The zero-order chi connectivity index (χ0) is 14.0. The number of aromatic nitrogens is 2. The van der Waals surface area contributed by atoms with Gasteiger partial charge in [0.2, 0.25) is 10.0 Å². The Morgan fingerprint density at radius 3 is 2.56 bits per heavy atom. The van der Waals surface area contributed by atoms with Crippen molar-refractivity contribution in [2.75, 3.05) is 12.8 Å². The van der Waals surface area contributed by atoms with Crippen molar-refractivity contribution in [3.8, 4) is 0 Å². The van der Waals surface area contributed by atoms with Crippen LogP contribution in [0.1, 0.15) is 32.4 Å². The van der Waals surface area contributed by atoms with Crippen LogP contribution >= 0.6 is 0 Å². The summed E-state index contributed by atoms with van der Waals surface area (Å²) in [5, 5.41) is 7.40. The fraction of sp³-hybridized carbons (Fsp3) is 0.727. The molecule has 0 saturated heterocycles. The van der Waals surface area contributed by atoms with Crippen LogP contribution in [0.3, 0.4) is 0 Å². The van der Waals surface area contributed by atoms with Crippen molar-refractivity contribution in [1.82, 2.24) is 19.8 Å². The van der Waals surface area contributed by atoms with Crippen LogP contribution in [0.15, 0.2) is 12.4 Å². The third kappa shape index (κ3) is 5.16. The van der Waals surface area contributed by atoms with E-state index in [0.717, 1.165) is 5.56 Å². The largest absolute Gasteiger partial charge is 0.308 e. The summed E-state index contributed by atoms with van der Waals surface area (Å²) in [4.78, 5) is 0. The lowest BCUT2D eigenvalue weighted by atomic mass is 10.1. The molecule has 2 N–H and O–H groups in total. The monoisotopic (exact) mass is 274 g/mol. The third-order valence-electron chi connectivity index (χ3n) is 2.54. The summed E-state index contributed by atoms with van der Waals surface area (Å²) in [5.74, 6) is 0. The molecule has 0 radical (unpaired) electrons. The highest BCUT2D eigenvalue weighted by atomic mass is 32.2. The van der Waals surface area contributed by atoms with Crippen LogP contribution in [0.5, 0.6) is 0 Å². The van der Waals surface area contributed by atoms with Gasteiger partial charge in [0, 0.05) is 36.9 Å². The highest BCUT2D eigenvalue weighted by Gasteiger charge is 2.22. The summed E-state index contributed by atoms with van der Waals surface area (Å²) < 4.78 is 26.8. The normalized spacial score (nSPS) is 14.7. The van der Waals surface area contributed by atoms with Crippen molar-refractivity contribution in [2.24, 2.45) is 7.05 Å². The Kier molecular flexibility index (Phi) is 4.52. The Balaban J connectivity index is 2.54. The van der Waals surface area contributed by atoms with Gasteiger partial charge in [-0.25, -0.2) is 13.1 Å². The molecule has 1 heterocycles. The second-order valence-corrected chi connectivity index (χ2v) is 7.06. The topological polar surface area (TPSA) is 76.0 Å². The molecule has 0 aliphatic rings. The van der Waals surface area contributed by atoms with Gasteiger partial charge in [0.05, 0.1) is 12.5 Å². The van der Waals surface area contributed by atoms with Gasteiger partial charge >= 0.3 is 0 Å². The first-order valence-electron chi connectivity index (χ1n) is 5.80. The minimum Gasteiger partial charge on any atom is -0.308 e. The van der Waals surface area contributed by atoms with Crippen LogP contribution in [0.4, 0.5) is 0 Å². The highest BCUT2D eigenvalue weighted by Crippen LogP contribution is 2.12. The van der Waals surface area contributed by atoms with Gasteiger partial charge in [-0.2, -0.15) is 5.10 Å². The van der Waals surface area contributed by atoms with Crippen molar-refractivity contribution in [3.63, 3.8) is 0 Å². The first kappa shape index (κ1) is 15.1. The van der Waals surface area contributed by atoms with Crippen molar-refractivity contribution >= 4 is 10.0 Å². The number of rotatable bonds is 6. The van der Waals surface area contributed by atoms with Crippen LogP contribution in [0.2, 0.25) is 0 Å². The predicted octanol–water partition coefficient (Wildman–Crippen LogP) is 0.399. The van der Waals surface area contributed by atoms with E-state index in [4.69, 9.17) is 0 Å². The van der Waals surface area contributed by atoms with Crippen LogP contribution in [-0.2, 0) is 17.1 Å². The molecular formula is C11H22N4O2S. The molecule has 1 unspecified atom stereocenters. The molecule has 0 aliphatic carbocycles. The van der Waals surface area contributed by atoms with Gasteiger partial charge in [0.15, 0.2) is 0 Å². The summed E-state index contributed by atoms with van der Waals surface area (Å²) in [6.45, 7) is 6.25. The molecule has 0 saturated carbocycles. The highest BCUT2D eigenvalue weighted by molar-refractivity contribution is 7.88. The molecule has 1 rings (SSSR count). The quantitative estimate of drug-likeness (QED) is 0.787.